The van der Waals surface area contributed by atoms with Gasteiger partial charge in [0.2, 0.25) is 0 Å². The molecule has 0 aliphatic heterocycles. The van der Waals surface area contributed by atoms with Gasteiger partial charge in [0.05, 0.1) is 18.7 Å². The third-order valence-electron chi connectivity index (χ3n) is 2.24. The van der Waals surface area contributed by atoms with Crippen molar-refractivity contribution in [1.82, 2.24) is 0 Å². The number of carbonyl (C=O) groups is 1. The van der Waals surface area contributed by atoms with E-state index in [0.29, 0.717) is 6.42 Å². The maximum Gasteiger partial charge on any atom is 0.325 e. The highest BCUT2D eigenvalue weighted by atomic mass is 31.2. The minimum atomic E-state index is -4.06. The maximum atomic E-state index is 11.4. The molecule has 0 aromatic rings. The molecule has 0 amide bonds. The fourth-order valence-corrected chi connectivity index (χ4v) is 2.56. The first-order valence-corrected chi connectivity index (χ1v) is 6.82. The fourth-order valence-electron chi connectivity index (χ4n) is 1.55. The van der Waals surface area contributed by atoms with Crippen LogP contribution in [0.4, 0.5) is 0 Å². The molecular weight excluding hydrogens is 219 g/mol. The molecule has 0 aromatic carbocycles. The zero-order valence-electron chi connectivity index (χ0n) is 9.34. The third kappa shape index (κ3) is 5.92. The molecule has 0 aliphatic rings. The first-order valence-electron chi connectivity index (χ1n) is 5.03. The third-order valence-corrected chi connectivity index (χ3v) is 3.29. The molecule has 0 saturated carbocycles. The molecule has 2 unspecified atom stereocenters. The summed E-state index contributed by atoms with van der Waals surface area (Å²) in [6.07, 6.45) is 0.254. The summed E-state index contributed by atoms with van der Waals surface area (Å²) in [6, 6.07) is 0. The second-order valence-corrected chi connectivity index (χ2v) is 5.29. The van der Waals surface area contributed by atoms with E-state index in [4.69, 9.17) is 14.5 Å². The summed E-state index contributed by atoms with van der Waals surface area (Å²) in [5.41, 5.74) is 0. The lowest BCUT2D eigenvalue weighted by Gasteiger charge is -2.21. The summed E-state index contributed by atoms with van der Waals surface area (Å²) in [5, 5.41) is 0. The van der Waals surface area contributed by atoms with Crippen molar-refractivity contribution in [1.29, 1.82) is 0 Å². The highest BCUT2D eigenvalue weighted by molar-refractivity contribution is 7.51. The quantitative estimate of drug-likeness (QED) is 0.539. The average Bonchev–Trinajstić information content (AvgIpc) is 2.02. The largest absolute Gasteiger partial charge is 0.466 e. The van der Waals surface area contributed by atoms with E-state index >= 15 is 0 Å². The summed E-state index contributed by atoms with van der Waals surface area (Å²) in [4.78, 5) is 29.0. The van der Waals surface area contributed by atoms with E-state index in [-0.39, 0.29) is 24.7 Å². The Labute approximate surface area is 90.0 Å². The highest BCUT2D eigenvalue weighted by Crippen LogP contribution is 2.39. The average molecular weight is 238 g/mol. The summed E-state index contributed by atoms with van der Waals surface area (Å²) in [5.74, 6) is -1.17. The summed E-state index contributed by atoms with van der Waals surface area (Å²) < 4.78 is 15.6. The van der Waals surface area contributed by atoms with Crippen molar-refractivity contribution in [2.75, 3.05) is 12.8 Å². The molecule has 6 heteroatoms. The van der Waals surface area contributed by atoms with Gasteiger partial charge < -0.3 is 14.5 Å². The standard InChI is InChI=1S/C9H19O5P/c1-4-8(9(10)14-5-2)7(3)6-15(11,12)13/h7-8H,4-6H2,1-3H3,(H2,11,12,13). The number of hydrogen-bond donors (Lipinski definition) is 2. The van der Waals surface area contributed by atoms with Gasteiger partial charge in [0, 0.05) is 0 Å². The van der Waals surface area contributed by atoms with Gasteiger partial charge in [0.15, 0.2) is 0 Å². The van der Waals surface area contributed by atoms with E-state index in [9.17, 15) is 9.36 Å². The molecule has 2 N–H and O–H groups in total. The van der Waals surface area contributed by atoms with Crippen molar-refractivity contribution in [3.8, 4) is 0 Å². The normalized spacial score (nSPS) is 15.8. The molecule has 0 bridgehead atoms. The molecule has 0 heterocycles. The zero-order valence-corrected chi connectivity index (χ0v) is 10.2. The van der Waals surface area contributed by atoms with Crippen LogP contribution in [0.5, 0.6) is 0 Å². The Hall–Kier alpha value is -0.380. The van der Waals surface area contributed by atoms with E-state index < -0.39 is 13.5 Å². The van der Waals surface area contributed by atoms with Crippen molar-refractivity contribution in [2.45, 2.75) is 27.2 Å². The van der Waals surface area contributed by atoms with Gasteiger partial charge in [-0.3, -0.25) is 9.36 Å². The van der Waals surface area contributed by atoms with Crippen molar-refractivity contribution in [3.63, 3.8) is 0 Å². The van der Waals surface area contributed by atoms with Crippen LogP contribution >= 0.6 is 7.60 Å². The van der Waals surface area contributed by atoms with E-state index in [1.807, 2.05) is 0 Å². The summed E-state index contributed by atoms with van der Waals surface area (Å²) in [7, 11) is -4.06. The fraction of sp³-hybridized carbons (Fsp3) is 0.889. The summed E-state index contributed by atoms with van der Waals surface area (Å²) >= 11 is 0. The van der Waals surface area contributed by atoms with Gasteiger partial charge in [0.25, 0.3) is 0 Å². The Morgan fingerprint density at radius 1 is 1.40 bits per heavy atom. The molecule has 0 aromatic heterocycles. The number of ether oxygens (including phenoxy) is 1. The van der Waals surface area contributed by atoms with Crippen LogP contribution in [-0.4, -0.2) is 28.5 Å². The van der Waals surface area contributed by atoms with Crippen LogP contribution in [0.1, 0.15) is 27.2 Å². The van der Waals surface area contributed by atoms with Crippen molar-refractivity contribution >= 4 is 13.6 Å². The van der Waals surface area contributed by atoms with E-state index in [2.05, 4.69) is 0 Å². The lowest BCUT2D eigenvalue weighted by molar-refractivity contribution is -0.149. The first kappa shape index (κ1) is 14.6. The van der Waals surface area contributed by atoms with Crippen LogP contribution < -0.4 is 0 Å². The van der Waals surface area contributed by atoms with Gasteiger partial charge in [-0.05, 0) is 19.3 Å². The van der Waals surface area contributed by atoms with Gasteiger partial charge in [-0.2, -0.15) is 0 Å². The van der Waals surface area contributed by atoms with E-state index in [0.717, 1.165) is 0 Å². The number of esters is 1. The molecule has 0 fully saturated rings. The summed E-state index contributed by atoms with van der Waals surface area (Å²) in [6.45, 7) is 5.46. The second-order valence-electron chi connectivity index (χ2n) is 3.59. The minimum Gasteiger partial charge on any atom is -0.466 e. The van der Waals surface area contributed by atoms with E-state index in [1.54, 1.807) is 20.8 Å². The highest BCUT2D eigenvalue weighted by Gasteiger charge is 2.29. The predicted octanol–water partition coefficient (Wildman–Crippen LogP) is 1.39. The molecule has 15 heavy (non-hydrogen) atoms. The smallest absolute Gasteiger partial charge is 0.325 e. The van der Waals surface area contributed by atoms with E-state index in [1.165, 1.54) is 0 Å². The van der Waals surface area contributed by atoms with Crippen LogP contribution in [-0.2, 0) is 14.1 Å². The van der Waals surface area contributed by atoms with Crippen LogP contribution in [0.25, 0.3) is 0 Å². The van der Waals surface area contributed by atoms with Gasteiger partial charge in [-0.15, -0.1) is 0 Å². The molecule has 0 aliphatic carbocycles. The van der Waals surface area contributed by atoms with Gasteiger partial charge >= 0.3 is 13.6 Å². The monoisotopic (exact) mass is 238 g/mol. The van der Waals surface area contributed by atoms with Gasteiger partial charge in [0.1, 0.15) is 0 Å². The molecular formula is C9H19O5P. The molecule has 2 atom stereocenters. The molecule has 0 rings (SSSR count). The van der Waals surface area contributed by atoms with Crippen molar-refractivity contribution in [3.05, 3.63) is 0 Å². The number of carbonyl (C=O) groups excluding carboxylic acids is 1. The topological polar surface area (TPSA) is 83.8 Å². The maximum absolute atomic E-state index is 11.4. The Morgan fingerprint density at radius 2 is 1.93 bits per heavy atom. The van der Waals surface area contributed by atoms with Crippen molar-refractivity contribution < 1.29 is 23.9 Å². The number of rotatable bonds is 6. The Bertz CT molecular complexity index is 247. The Morgan fingerprint density at radius 3 is 2.27 bits per heavy atom. The van der Waals surface area contributed by atoms with Crippen LogP contribution in [0.15, 0.2) is 0 Å². The Balaban J connectivity index is 4.40. The predicted molar refractivity (Wildman–Crippen MR) is 56.5 cm³/mol. The molecule has 0 radical (unpaired) electrons. The minimum absolute atomic E-state index is 0.273. The lowest BCUT2D eigenvalue weighted by Crippen LogP contribution is -2.25. The second kappa shape index (κ2) is 6.26. The van der Waals surface area contributed by atoms with Crippen LogP contribution in [0.2, 0.25) is 0 Å². The first-order chi connectivity index (χ1) is 6.81. The van der Waals surface area contributed by atoms with Crippen LogP contribution in [0, 0.1) is 11.8 Å². The molecule has 90 valence electrons. The SMILES string of the molecule is CCOC(=O)C(CC)C(C)CP(=O)(O)O. The molecule has 5 nitrogen and oxygen atoms in total. The van der Waals surface area contributed by atoms with Crippen molar-refractivity contribution in [2.24, 2.45) is 11.8 Å². The Kier molecular flexibility index (Phi) is 6.10. The lowest BCUT2D eigenvalue weighted by atomic mass is 9.93. The van der Waals surface area contributed by atoms with Gasteiger partial charge in [-0.25, -0.2) is 0 Å². The molecule has 0 saturated heterocycles. The zero-order chi connectivity index (χ0) is 12.1. The number of hydrogen-bond acceptors (Lipinski definition) is 3. The van der Waals surface area contributed by atoms with Crippen LogP contribution in [0.3, 0.4) is 0 Å². The molecule has 0 spiro atoms. The van der Waals surface area contributed by atoms with Gasteiger partial charge in [-0.1, -0.05) is 13.8 Å².